The minimum atomic E-state index is 0. The highest BCUT2D eigenvalue weighted by Crippen LogP contribution is 2.12. The van der Waals surface area contributed by atoms with Crippen LogP contribution in [0.1, 0.15) is 32.0 Å². The topological polar surface area (TPSA) is 85.6 Å². The van der Waals surface area contributed by atoms with Gasteiger partial charge in [-0.15, -0.1) is 24.0 Å². The Morgan fingerprint density at radius 3 is 3.19 bits per heavy atom. The first kappa shape index (κ1) is 21.4. The maximum atomic E-state index is 5.73. The summed E-state index contributed by atoms with van der Waals surface area (Å²) in [7, 11) is 0. The molecule has 1 aromatic rings. The summed E-state index contributed by atoms with van der Waals surface area (Å²) in [6.45, 7) is 7.83. The first-order valence-corrected chi connectivity index (χ1v) is 9.42. The predicted molar refractivity (Wildman–Crippen MR) is 111 cm³/mol. The lowest BCUT2D eigenvalue weighted by atomic mass is 10.1. The normalized spacial score (nSPS) is 22.6. The number of aliphatic imine (C=N–C) groups is 1. The number of aryl methyl sites for hydroxylation is 1. The van der Waals surface area contributed by atoms with Gasteiger partial charge in [0, 0.05) is 44.7 Å². The second kappa shape index (κ2) is 11.7. The van der Waals surface area contributed by atoms with E-state index in [9.17, 15) is 0 Å². The molecule has 2 aliphatic rings. The van der Waals surface area contributed by atoms with Crippen molar-refractivity contribution in [1.82, 2.24) is 25.4 Å². The van der Waals surface area contributed by atoms with Crippen LogP contribution in [0.25, 0.3) is 0 Å². The number of nitrogens with one attached hydrogen (secondary N) is 2. The molecule has 0 radical (unpaired) electrons. The Balaban J connectivity index is 0.00000243. The van der Waals surface area contributed by atoms with E-state index in [1.54, 1.807) is 6.33 Å². The molecule has 2 aliphatic heterocycles. The van der Waals surface area contributed by atoms with E-state index in [1.165, 1.54) is 0 Å². The van der Waals surface area contributed by atoms with Gasteiger partial charge in [-0.25, -0.2) is 9.67 Å². The van der Waals surface area contributed by atoms with Crippen LogP contribution in [-0.4, -0.2) is 66.3 Å². The summed E-state index contributed by atoms with van der Waals surface area (Å²) in [5, 5.41) is 11.1. The number of nitrogens with zero attached hydrogens (tertiary/aromatic N) is 4. The minimum Gasteiger partial charge on any atom is -0.381 e. The molecule has 9 heteroatoms. The van der Waals surface area contributed by atoms with Gasteiger partial charge in [0.15, 0.2) is 5.96 Å². The highest BCUT2D eigenvalue weighted by molar-refractivity contribution is 14.0. The summed E-state index contributed by atoms with van der Waals surface area (Å²) in [5.41, 5.74) is 0. The van der Waals surface area contributed by atoms with Crippen LogP contribution in [-0.2, 0) is 22.4 Å². The second-order valence-corrected chi connectivity index (χ2v) is 6.66. The zero-order chi connectivity index (χ0) is 17.3. The molecule has 3 rings (SSSR count). The van der Waals surface area contributed by atoms with Crippen molar-refractivity contribution in [2.75, 3.05) is 39.5 Å². The van der Waals surface area contributed by atoms with Crippen LogP contribution in [0.5, 0.6) is 0 Å². The lowest BCUT2D eigenvalue weighted by Gasteiger charge is -2.25. The maximum Gasteiger partial charge on any atom is 0.191 e. The van der Waals surface area contributed by atoms with E-state index in [4.69, 9.17) is 9.47 Å². The van der Waals surface area contributed by atoms with E-state index in [0.29, 0.717) is 12.0 Å². The van der Waals surface area contributed by atoms with Crippen LogP contribution in [0.4, 0.5) is 0 Å². The van der Waals surface area contributed by atoms with Crippen molar-refractivity contribution in [2.24, 2.45) is 10.9 Å². The van der Waals surface area contributed by atoms with Crippen molar-refractivity contribution in [1.29, 1.82) is 0 Å². The number of hydrogen-bond donors (Lipinski definition) is 2. The van der Waals surface area contributed by atoms with Gasteiger partial charge in [-0.1, -0.05) is 0 Å². The highest BCUT2D eigenvalue weighted by atomic mass is 127. The molecule has 26 heavy (non-hydrogen) atoms. The second-order valence-electron chi connectivity index (χ2n) is 6.66. The zero-order valence-electron chi connectivity index (χ0n) is 15.5. The average molecular weight is 478 g/mol. The monoisotopic (exact) mass is 478 g/mol. The third-order valence-corrected chi connectivity index (χ3v) is 4.58. The van der Waals surface area contributed by atoms with E-state index in [1.807, 2.05) is 4.68 Å². The Labute approximate surface area is 172 Å². The van der Waals surface area contributed by atoms with E-state index < -0.39 is 0 Å². The fraction of sp³-hybridized carbons (Fsp3) is 0.824. The lowest BCUT2D eigenvalue weighted by molar-refractivity contribution is 0.0893. The molecular formula is C17H31IN6O2. The van der Waals surface area contributed by atoms with Crippen LogP contribution in [0, 0.1) is 5.92 Å². The number of guanidine groups is 1. The molecular weight excluding hydrogens is 447 g/mol. The van der Waals surface area contributed by atoms with Gasteiger partial charge in [-0.3, -0.25) is 4.99 Å². The quantitative estimate of drug-likeness (QED) is 0.253. The maximum absolute atomic E-state index is 5.73. The smallest absolute Gasteiger partial charge is 0.191 e. The van der Waals surface area contributed by atoms with Crippen LogP contribution >= 0.6 is 24.0 Å². The fourth-order valence-electron chi connectivity index (χ4n) is 3.19. The molecule has 0 saturated carbocycles. The first-order valence-electron chi connectivity index (χ1n) is 9.42. The standard InChI is InChI=1S/C17H30N6O2.HI/c1-2-18-17(19-7-3-8-24-11-14-6-9-25-12-14)22-15-4-5-16-20-13-21-23(16)10-15;/h13-15H,2-12H2,1H3,(H2,18,19,22);1H. The van der Waals surface area contributed by atoms with Gasteiger partial charge in [-0.2, -0.15) is 5.10 Å². The molecule has 0 aromatic carbocycles. The third-order valence-electron chi connectivity index (χ3n) is 4.58. The Kier molecular flexibility index (Phi) is 9.62. The zero-order valence-corrected chi connectivity index (χ0v) is 17.9. The number of ether oxygens (including phenoxy) is 2. The predicted octanol–water partition coefficient (Wildman–Crippen LogP) is 1.21. The van der Waals surface area contributed by atoms with Gasteiger partial charge < -0.3 is 20.1 Å². The number of hydrogen-bond acceptors (Lipinski definition) is 5. The van der Waals surface area contributed by atoms with Crippen molar-refractivity contribution in [3.8, 4) is 0 Å². The fourth-order valence-corrected chi connectivity index (χ4v) is 3.19. The summed E-state index contributed by atoms with van der Waals surface area (Å²) in [5.74, 6) is 2.53. The van der Waals surface area contributed by atoms with Crippen LogP contribution in [0.3, 0.4) is 0 Å². The number of fused-ring (bicyclic) bond motifs is 1. The molecule has 0 amide bonds. The molecule has 2 unspecified atom stereocenters. The first-order chi connectivity index (χ1) is 12.3. The van der Waals surface area contributed by atoms with E-state index in [2.05, 4.69) is 32.6 Å². The van der Waals surface area contributed by atoms with Crippen LogP contribution < -0.4 is 10.6 Å². The molecule has 2 atom stereocenters. The Hall–Kier alpha value is -0.940. The minimum absolute atomic E-state index is 0. The third kappa shape index (κ3) is 6.66. The van der Waals surface area contributed by atoms with E-state index in [0.717, 1.165) is 83.5 Å². The van der Waals surface area contributed by atoms with Gasteiger partial charge in [0.2, 0.25) is 0 Å². The van der Waals surface area contributed by atoms with Crippen LogP contribution in [0.2, 0.25) is 0 Å². The summed E-state index contributed by atoms with van der Waals surface area (Å²) < 4.78 is 13.1. The van der Waals surface area contributed by atoms with Crippen LogP contribution in [0.15, 0.2) is 11.3 Å². The molecule has 0 spiro atoms. The van der Waals surface area contributed by atoms with Crippen molar-refractivity contribution in [3.05, 3.63) is 12.2 Å². The molecule has 3 heterocycles. The van der Waals surface area contributed by atoms with E-state index >= 15 is 0 Å². The SMILES string of the molecule is CCNC(=NCCCOCC1CCOC1)NC1CCc2ncnn2C1.I. The molecule has 0 bridgehead atoms. The molecule has 0 aliphatic carbocycles. The molecule has 2 N–H and O–H groups in total. The number of rotatable bonds is 8. The molecule has 1 fully saturated rings. The highest BCUT2D eigenvalue weighted by Gasteiger charge is 2.20. The molecule has 1 aromatic heterocycles. The van der Waals surface area contributed by atoms with Gasteiger partial charge >= 0.3 is 0 Å². The largest absolute Gasteiger partial charge is 0.381 e. The van der Waals surface area contributed by atoms with Crippen molar-refractivity contribution < 1.29 is 9.47 Å². The van der Waals surface area contributed by atoms with Gasteiger partial charge in [0.05, 0.1) is 19.8 Å². The summed E-state index contributed by atoms with van der Waals surface area (Å²) in [4.78, 5) is 8.93. The van der Waals surface area contributed by atoms with Gasteiger partial charge in [0.25, 0.3) is 0 Å². The molecule has 1 saturated heterocycles. The van der Waals surface area contributed by atoms with E-state index in [-0.39, 0.29) is 24.0 Å². The molecule has 8 nitrogen and oxygen atoms in total. The lowest BCUT2D eigenvalue weighted by Crippen LogP contribution is -2.47. The Morgan fingerprint density at radius 1 is 1.46 bits per heavy atom. The average Bonchev–Trinajstić information content (AvgIpc) is 3.29. The summed E-state index contributed by atoms with van der Waals surface area (Å²) in [6, 6.07) is 0.339. The molecule has 148 valence electrons. The summed E-state index contributed by atoms with van der Waals surface area (Å²) in [6.07, 6.45) is 5.70. The number of aromatic nitrogens is 3. The Bertz CT molecular complexity index is 547. The summed E-state index contributed by atoms with van der Waals surface area (Å²) >= 11 is 0. The number of halogens is 1. The van der Waals surface area contributed by atoms with Crippen molar-refractivity contribution in [2.45, 2.75) is 45.2 Å². The van der Waals surface area contributed by atoms with Gasteiger partial charge in [0.1, 0.15) is 12.2 Å². The van der Waals surface area contributed by atoms with Crippen molar-refractivity contribution >= 4 is 29.9 Å². The van der Waals surface area contributed by atoms with Gasteiger partial charge in [-0.05, 0) is 26.2 Å². The Morgan fingerprint density at radius 2 is 2.38 bits per heavy atom. The van der Waals surface area contributed by atoms with Crippen molar-refractivity contribution in [3.63, 3.8) is 0 Å².